The van der Waals surface area contributed by atoms with Crippen LogP contribution in [0.15, 0.2) is 41.4 Å². The van der Waals surface area contributed by atoms with Crippen molar-refractivity contribution < 1.29 is 24.2 Å². The molecule has 1 aromatic heterocycles. The van der Waals surface area contributed by atoms with Gasteiger partial charge in [0.2, 0.25) is 6.79 Å². The molecule has 0 radical (unpaired) electrons. The Labute approximate surface area is 168 Å². The third-order valence-electron chi connectivity index (χ3n) is 4.37. The van der Waals surface area contributed by atoms with E-state index < -0.39 is 17.9 Å². The van der Waals surface area contributed by atoms with Crippen molar-refractivity contribution in [2.45, 2.75) is 19.4 Å². The number of carboxylic acids is 1. The molecule has 1 aliphatic heterocycles. The Balaban J connectivity index is 1.94. The molecule has 1 aliphatic rings. The molecule has 0 saturated heterocycles. The number of carbonyl (C=O) groups excluding carboxylic acids is 1. The average molecular weight is 419 g/mol. The second-order valence-corrected chi connectivity index (χ2v) is 7.56. The van der Waals surface area contributed by atoms with Crippen molar-refractivity contribution in [3.8, 4) is 11.5 Å². The number of thiazole rings is 1. The number of aliphatic carboxylic acids is 1. The van der Waals surface area contributed by atoms with E-state index in [2.05, 4.69) is 4.99 Å². The van der Waals surface area contributed by atoms with Gasteiger partial charge in [0.15, 0.2) is 16.3 Å². The SMILES string of the molecule is CCC(C(=O)O)n1/c(=N/C(=O)c2cccc(Cl)c2)sc2cc3c(cc21)OCO3. The van der Waals surface area contributed by atoms with Crippen molar-refractivity contribution in [3.05, 3.63) is 51.8 Å². The van der Waals surface area contributed by atoms with Crippen LogP contribution in [0, 0.1) is 0 Å². The molecule has 1 unspecified atom stereocenters. The standard InChI is InChI=1S/C19H15ClN2O5S/c1-2-12(18(24)25)22-13-7-14-15(27-9-26-14)8-16(13)28-19(22)21-17(23)10-4-3-5-11(20)6-10/h3-8,12H,2,9H2,1H3,(H,24,25)/b21-19-. The highest BCUT2D eigenvalue weighted by atomic mass is 35.5. The Morgan fingerprint density at radius 2 is 2.04 bits per heavy atom. The van der Waals surface area contributed by atoms with Crippen LogP contribution in [-0.4, -0.2) is 28.3 Å². The molecule has 0 fully saturated rings. The lowest BCUT2D eigenvalue weighted by Crippen LogP contribution is -2.27. The minimum Gasteiger partial charge on any atom is -0.480 e. The van der Waals surface area contributed by atoms with E-state index in [0.29, 0.717) is 34.0 Å². The third-order valence-corrected chi connectivity index (χ3v) is 5.63. The minimum absolute atomic E-state index is 0.118. The van der Waals surface area contributed by atoms with E-state index in [9.17, 15) is 14.7 Å². The summed E-state index contributed by atoms with van der Waals surface area (Å²) in [6, 6.07) is 9.08. The second-order valence-electron chi connectivity index (χ2n) is 6.12. The molecule has 4 rings (SSSR count). The number of ether oxygens (including phenoxy) is 2. The number of halogens is 1. The predicted octanol–water partition coefficient (Wildman–Crippen LogP) is 3.86. The molecule has 1 amide bonds. The van der Waals surface area contributed by atoms with E-state index in [4.69, 9.17) is 21.1 Å². The van der Waals surface area contributed by atoms with Crippen molar-refractivity contribution in [3.63, 3.8) is 0 Å². The number of hydrogen-bond acceptors (Lipinski definition) is 5. The van der Waals surface area contributed by atoms with Crippen LogP contribution in [0.3, 0.4) is 0 Å². The van der Waals surface area contributed by atoms with E-state index in [1.54, 1.807) is 41.8 Å². The fourth-order valence-electron chi connectivity index (χ4n) is 3.05. The van der Waals surface area contributed by atoms with Gasteiger partial charge in [-0.05, 0) is 24.6 Å². The van der Waals surface area contributed by atoms with Crippen LogP contribution in [0.5, 0.6) is 11.5 Å². The van der Waals surface area contributed by atoms with Crippen LogP contribution >= 0.6 is 22.9 Å². The predicted molar refractivity (Wildman–Crippen MR) is 104 cm³/mol. The number of benzene rings is 2. The Kier molecular flexibility index (Phi) is 4.82. The van der Waals surface area contributed by atoms with E-state index in [0.717, 1.165) is 4.70 Å². The number of nitrogens with zero attached hydrogens (tertiary/aromatic N) is 2. The summed E-state index contributed by atoms with van der Waals surface area (Å²) >= 11 is 7.18. The van der Waals surface area contributed by atoms with E-state index in [-0.39, 0.29) is 11.6 Å². The van der Waals surface area contributed by atoms with Crippen molar-refractivity contribution in [2.24, 2.45) is 4.99 Å². The van der Waals surface area contributed by atoms with Crippen molar-refractivity contribution in [2.75, 3.05) is 6.79 Å². The quantitative estimate of drug-likeness (QED) is 0.694. The summed E-state index contributed by atoms with van der Waals surface area (Å²) in [7, 11) is 0. The van der Waals surface area contributed by atoms with E-state index >= 15 is 0 Å². The normalized spacial score (nSPS) is 14.4. The maximum atomic E-state index is 12.6. The first-order chi connectivity index (χ1) is 13.5. The highest BCUT2D eigenvalue weighted by molar-refractivity contribution is 7.16. The molecule has 2 heterocycles. The minimum atomic E-state index is -1.00. The fourth-order valence-corrected chi connectivity index (χ4v) is 4.32. The second kappa shape index (κ2) is 7.29. The number of hydrogen-bond donors (Lipinski definition) is 1. The molecule has 1 atom stereocenters. The molecule has 7 nitrogen and oxygen atoms in total. The molecule has 0 saturated carbocycles. The Bertz CT molecular complexity index is 1170. The largest absolute Gasteiger partial charge is 0.480 e. The zero-order valence-corrected chi connectivity index (χ0v) is 16.3. The van der Waals surface area contributed by atoms with Crippen LogP contribution in [-0.2, 0) is 4.79 Å². The number of amides is 1. The number of fused-ring (bicyclic) bond motifs is 2. The van der Waals surface area contributed by atoms with Gasteiger partial charge in [-0.3, -0.25) is 4.79 Å². The maximum Gasteiger partial charge on any atom is 0.326 e. The van der Waals surface area contributed by atoms with Gasteiger partial charge in [-0.1, -0.05) is 35.9 Å². The summed E-state index contributed by atoms with van der Waals surface area (Å²) < 4.78 is 13.1. The topological polar surface area (TPSA) is 90.1 Å². The molecule has 0 bridgehead atoms. The molecule has 144 valence electrons. The molecule has 2 aromatic carbocycles. The summed E-state index contributed by atoms with van der Waals surface area (Å²) in [5, 5.41) is 10.1. The summed E-state index contributed by atoms with van der Waals surface area (Å²) in [5.41, 5.74) is 0.954. The zero-order chi connectivity index (χ0) is 19.8. The first kappa shape index (κ1) is 18.5. The van der Waals surface area contributed by atoms with Crippen LogP contribution in [0.4, 0.5) is 0 Å². The van der Waals surface area contributed by atoms with Gasteiger partial charge < -0.3 is 19.1 Å². The molecule has 3 aromatic rings. The van der Waals surface area contributed by atoms with Gasteiger partial charge >= 0.3 is 5.97 Å². The van der Waals surface area contributed by atoms with Gasteiger partial charge in [-0.25, -0.2) is 4.79 Å². The fraction of sp³-hybridized carbons (Fsp3) is 0.211. The summed E-state index contributed by atoms with van der Waals surface area (Å²) in [5.74, 6) is -0.386. The van der Waals surface area contributed by atoms with E-state index in [1.807, 2.05) is 0 Å². The lowest BCUT2D eigenvalue weighted by atomic mass is 10.2. The van der Waals surface area contributed by atoms with Gasteiger partial charge in [0.1, 0.15) is 6.04 Å². The molecule has 28 heavy (non-hydrogen) atoms. The number of carboxylic acid groups (broad SMARTS) is 1. The Morgan fingerprint density at radius 3 is 2.71 bits per heavy atom. The van der Waals surface area contributed by atoms with Crippen LogP contribution in [0.2, 0.25) is 5.02 Å². The number of rotatable bonds is 4. The molecular formula is C19H15ClN2O5S. The smallest absolute Gasteiger partial charge is 0.326 e. The van der Waals surface area contributed by atoms with Crippen LogP contribution in [0.1, 0.15) is 29.7 Å². The van der Waals surface area contributed by atoms with Gasteiger partial charge in [0, 0.05) is 22.7 Å². The van der Waals surface area contributed by atoms with Crippen molar-refractivity contribution >= 4 is 45.0 Å². The summed E-state index contributed by atoms with van der Waals surface area (Å²) in [4.78, 5) is 29.0. The maximum absolute atomic E-state index is 12.6. The summed E-state index contributed by atoms with van der Waals surface area (Å²) in [6.07, 6.45) is 0.328. The number of carbonyl (C=O) groups is 2. The van der Waals surface area contributed by atoms with Gasteiger partial charge in [-0.15, -0.1) is 0 Å². The molecular weight excluding hydrogens is 404 g/mol. The lowest BCUT2D eigenvalue weighted by molar-refractivity contribution is -0.140. The molecule has 0 spiro atoms. The molecule has 0 aliphatic carbocycles. The van der Waals surface area contributed by atoms with Crippen molar-refractivity contribution in [1.82, 2.24) is 4.57 Å². The van der Waals surface area contributed by atoms with Crippen LogP contribution in [0.25, 0.3) is 10.2 Å². The molecule has 1 N–H and O–H groups in total. The first-order valence-electron chi connectivity index (χ1n) is 8.50. The Hall–Kier alpha value is -2.84. The van der Waals surface area contributed by atoms with Gasteiger partial charge in [-0.2, -0.15) is 4.99 Å². The first-order valence-corrected chi connectivity index (χ1v) is 9.69. The van der Waals surface area contributed by atoms with Gasteiger partial charge in [0.25, 0.3) is 5.91 Å². The number of aromatic nitrogens is 1. The third kappa shape index (κ3) is 3.25. The zero-order valence-electron chi connectivity index (χ0n) is 14.7. The average Bonchev–Trinajstić information content (AvgIpc) is 3.24. The van der Waals surface area contributed by atoms with E-state index in [1.165, 1.54) is 17.4 Å². The van der Waals surface area contributed by atoms with Crippen LogP contribution < -0.4 is 14.3 Å². The summed E-state index contributed by atoms with van der Waals surface area (Å²) in [6.45, 7) is 1.89. The Morgan fingerprint density at radius 1 is 1.29 bits per heavy atom. The lowest BCUT2D eigenvalue weighted by Gasteiger charge is -2.13. The highest BCUT2D eigenvalue weighted by Crippen LogP contribution is 2.38. The van der Waals surface area contributed by atoms with Crippen molar-refractivity contribution in [1.29, 1.82) is 0 Å². The molecule has 9 heteroatoms. The van der Waals surface area contributed by atoms with Gasteiger partial charge in [0.05, 0.1) is 10.2 Å². The monoisotopic (exact) mass is 418 g/mol. The highest BCUT2D eigenvalue weighted by Gasteiger charge is 2.25.